The van der Waals surface area contributed by atoms with Crippen LogP contribution in [-0.2, 0) is 9.47 Å². The fourth-order valence-corrected chi connectivity index (χ4v) is 2.94. The number of aliphatic hydroxyl groups excluding tert-OH is 3. The molecule has 0 saturated carbocycles. The molecule has 148 valence electrons. The molecule has 1 fully saturated rings. The Bertz CT molecular complexity index is 334. The third-order valence-electron chi connectivity index (χ3n) is 4.69. The summed E-state index contributed by atoms with van der Waals surface area (Å²) in [6.45, 7) is 3.17. The molecule has 0 aromatic carbocycles. The van der Waals surface area contributed by atoms with Crippen molar-refractivity contribution < 1.29 is 24.8 Å². The number of unbranched alkanes of at least 4 members (excludes halogenated alkanes) is 8. The van der Waals surface area contributed by atoms with Crippen molar-refractivity contribution in [3.05, 3.63) is 12.2 Å². The van der Waals surface area contributed by atoms with E-state index in [9.17, 15) is 15.3 Å². The third-order valence-corrected chi connectivity index (χ3v) is 4.69. The van der Waals surface area contributed by atoms with E-state index in [-0.39, 0.29) is 13.2 Å². The Morgan fingerprint density at radius 3 is 2.24 bits per heavy atom. The van der Waals surface area contributed by atoms with Crippen LogP contribution in [0.3, 0.4) is 0 Å². The number of hydrogen-bond acceptors (Lipinski definition) is 5. The number of allylic oxidation sites excluding steroid dienone is 2. The van der Waals surface area contributed by atoms with Crippen LogP contribution in [0.15, 0.2) is 12.2 Å². The highest BCUT2D eigenvalue weighted by Crippen LogP contribution is 2.16. The van der Waals surface area contributed by atoms with Crippen LogP contribution < -0.4 is 0 Å². The Morgan fingerprint density at radius 2 is 1.52 bits per heavy atom. The maximum absolute atomic E-state index is 9.79. The van der Waals surface area contributed by atoms with Crippen LogP contribution in [0.4, 0.5) is 0 Å². The number of rotatable bonds is 14. The summed E-state index contributed by atoms with van der Waals surface area (Å²) in [5.41, 5.74) is 0. The molecule has 0 spiro atoms. The SMILES string of the molecule is CCCC/C=C/CCCCCCCCOC[C@H]1OC[C@H](O)[C@@H](O)[C@@H]1O. The zero-order valence-corrected chi connectivity index (χ0v) is 15.8. The van der Waals surface area contributed by atoms with E-state index in [0.29, 0.717) is 6.61 Å². The number of aliphatic hydroxyl groups is 3. The van der Waals surface area contributed by atoms with Gasteiger partial charge in [-0.2, -0.15) is 0 Å². The lowest BCUT2D eigenvalue weighted by Gasteiger charge is -2.35. The molecular formula is C20H38O5. The molecular weight excluding hydrogens is 320 g/mol. The molecule has 0 radical (unpaired) electrons. The second-order valence-electron chi connectivity index (χ2n) is 7.02. The lowest BCUT2D eigenvalue weighted by molar-refractivity contribution is -0.199. The molecule has 0 aromatic rings. The van der Waals surface area contributed by atoms with Gasteiger partial charge in [0.25, 0.3) is 0 Å². The largest absolute Gasteiger partial charge is 0.388 e. The minimum absolute atomic E-state index is 0.0417. The Hall–Kier alpha value is -0.460. The van der Waals surface area contributed by atoms with Gasteiger partial charge < -0.3 is 24.8 Å². The van der Waals surface area contributed by atoms with Gasteiger partial charge in [-0.25, -0.2) is 0 Å². The minimum Gasteiger partial charge on any atom is -0.388 e. The van der Waals surface area contributed by atoms with Crippen molar-refractivity contribution in [2.45, 2.75) is 95.5 Å². The smallest absolute Gasteiger partial charge is 0.111 e. The van der Waals surface area contributed by atoms with E-state index in [4.69, 9.17) is 9.47 Å². The van der Waals surface area contributed by atoms with Crippen molar-refractivity contribution in [3.8, 4) is 0 Å². The summed E-state index contributed by atoms with van der Waals surface area (Å²) >= 11 is 0. The standard InChI is InChI=1S/C20H38O5/c1-2-3-4-5-6-7-8-9-10-11-12-13-14-24-16-18-20(23)19(22)17(21)15-25-18/h5-6,17-23H,2-4,7-16H2,1H3/b6-5+/t17-,18+,19+,20+/m0/s1. The first-order valence-corrected chi connectivity index (χ1v) is 10.0. The van der Waals surface area contributed by atoms with E-state index in [1.807, 2.05) is 0 Å². The summed E-state index contributed by atoms with van der Waals surface area (Å²) in [5.74, 6) is 0. The first-order valence-electron chi connectivity index (χ1n) is 10.0. The quantitative estimate of drug-likeness (QED) is 0.329. The summed E-state index contributed by atoms with van der Waals surface area (Å²) in [4.78, 5) is 0. The van der Waals surface area contributed by atoms with Gasteiger partial charge >= 0.3 is 0 Å². The highest BCUT2D eigenvalue weighted by atomic mass is 16.6. The molecule has 5 heteroatoms. The average molecular weight is 359 g/mol. The predicted octanol–water partition coefficient (Wildman–Crippen LogP) is 2.96. The molecule has 0 amide bonds. The zero-order valence-electron chi connectivity index (χ0n) is 15.8. The second kappa shape index (κ2) is 14.7. The zero-order chi connectivity index (χ0) is 18.3. The monoisotopic (exact) mass is 358 g/mol. The second-order valence-corrected chi connectivity index (χ2v) is 7.02. The molecule has 0 aliphatic carbocycles. The van der Waals surface area contributed by atoms with E-state index in [2.05, 4.69) is 19.1 Å². The maximum Gasteiger partial charge on any atom is 0.111 e. The van der Waals surface area contributed by atoms with Gasteiger partial charge in [-0.05, 0) is 25.7 Å². The van der Waals surface area contributed by atoms with E-state index in [1.165, 1.54) is 51.4 Å². The molecule has 3 N–H and O–H groups in total. The first-order chi connectivity index (χ1) is 12.2. The molecule has 1 rings (SSSR count). The van der Waals surface area contributed by atoms with Crippen molar-refractivity contribution in [2.75, 3.05) is 19.8 Å². The Labute approximate surface area is 153 Å². The summed E-state index contributed by atoms with van der Waals surface area (Å²) in [7, 11) is 0. The molecule has 1 saturated heterocycles. The van der Waals surface area contributed by atoms with Gasteiger partial charge in [0.2, 0.25) is 0 Å². The summed E-state index contributed by atoms with van der Waals surface area (Å²) in [6.07, 6.45) is 13.1. The van der Waals surface area contributed by atoms with Gasteiger partial charge in [0.1, 0.15) is 24.4 Å². The molecule has 25 heavy (non-hydrogen) atoms. The highest BCUT2D eigenvalue weighted by molar-refractivity contribution is 4.86. The van der Waals surface area contributed by atoms with Crippen LogP contribution in [0.2, 0.25) is 0 Å². The fraction of sp³-hybridized carbons (Fsp3) is 0.900. The molecule has 1 aliphatic heterocycles. The van der Waals surface area contributed by atoms with E-state index >= 15 is 0 Å². The first kappa shape index (κ1) is 22.6. The average Bonchev–Trinajstić information content (AvgIpc) is 2.61. The normalized spacial score (nSPS) is 27.2. The van der Waals surface area contributed by atoms with Crippen LogP contribution in [0.25, 0.3) is 0 Å². The lowest BCUT2D eigenvalue weighted by Crippen LogP contribution is -2.54. The summed E-state index contributed by atoms with van der Waals surface area (Å²) in [5, 5.41) is 28.8. The van der Waals surface area contributed by atoms with Crippen molar-refractivity contribution >= 4 is 0 Å². The van der Waals surface area contributed by atoms with E-state index in [1.54, 1.807) is 0 Å². The molecule has 0 bridgehead atoms. The highest BCUT2D eigenvalue weighted by Gasteiger charge is 2.37. The molecule has 1 aliphatic rings. The van der Waals surface area contributed by atoms with Crippen LogP contribution in [-0.4, -0.2) is 59.6 Å². The molecule has 5 nitrogen and oxygen atoms in total. The van der Waals surface area contributed by atoms with E-state index in [0.717, 1.165) is 12.8 Å². The summed E-state index contributed by atoms with van der Waals surface area (Å²) in [6, 6.07) is 0. The van der Waals surface area contributed by atoms with Crippen molar-refractivity contribution in [3.63, 3.8) is 0 Å². The number of ether oxygens (including phenoxy) is 2. The van der Waals surface area contributed by atoms with Crippen LogP contribution >= 0.6 is 0 Å². The van der Waals surface area contributed by atoms with Crippen LogP contribution in [0, 0.1) is 0 Å². The van der Waals surface area contributed by atoms with Crippen molar-refractivity contribution in [1.82, 2.24) is 0 Å². The van der Waals surface area contributed by atoms with Gasteiger partial charge in [-0.1, -0.05) is 57.6 Å². The van der Waals surface area contributed by atoms with Gasteiger partial charge in [0.15, 0.2) is 0 Å². The van der Waals surface area contributed by atoms with Gasteiger partial charge in [0.05, 0.1) is 13.2 Å². The van der Waals surface area contributed by atoms with Crippen molar-refractivity contribution in [2.24, 2.45) is 0 Å². The predicted molar refractivity (Wildman–Crippen MR) is 99.6 cm³/mol. The number of hydrogen-bond donors (Lipinski definition) is 3. The van der Waals surface area contributed by atoms with Gasteiger partial charge in [-0.3, -0.25) is 0 Å². The lowest BCUT2D eigenvalue weighted by atomic mass is 10.0. The fourth-order valence-electron chi connectivity index (χ4n) is 2.94. The minimum atomic E-state index is -1.15. The Kier molecular flexibility index (Phi) is 13.3. The molecule has 1 heterocycles. The molecule has 4 atom stereocenters. The van der Waals surface area contributed by atoms with Crippen LogP contribution in [0.1, 0.15) is 71.1 Å². The summed E-state index contributed by atoms with van der Waals surface area (Å²) < 4.78 is 10.8. The Balaban J connectivity index is 1.85. The third kappa shape index (κ3) is 10.3. The molecule has 0 unspecified atom stereocenters. The Morgan fingerprint density at radius 1 is 0.880 bits per heavy atom. The van der Waals surface area contributed by atoms with Crippen LogP contribution in [0.5, 0.6) is 0 Å². The molecule has 0 aromatic heterocycles. The maximum atomic E-state index is 9.79. The van der Waals surface area contributed by atoms with Crippen molar-refractivity contribution in [1.29, 1.82) is 0 Å². The van der Waals surface area contributed by atoms with E-state index < -0.39 is 24.4 Å². The van der Waals surface area contributed by atoms with Gasteiger partial charge in [-0.15, -0.1) is 0 Å². The topological polar surface area (TPSA) is 79.2 Å². The van der Waals surface area contributed by atoms with Gasteiger partial charge in [0, 0.05) is 6.61 Å².